The Balaban J connectivity index is 2.17. The second-order valence-corrected chi connectivity index (χ2v) is 5.01. The molecule has 1 fully saturated rings. The Morgan fingerprint density at radius 2 is 2.05 bits per heavy atom. The Hall–Kier alpha value is -2.04. The van der Waals surface area contributed by atoms with Crippen LogP contribution in [0.5, 0.6) is 5.75 Å². The van der Waals surface area contributed by atoms with E-state index in [4.69, 9.17) is 5.11 Å². The SMILES string of the molecule is CC1CCCC1C(=O)Nc1cccc(C(=O)O)c1O. The van der Waals surface area contributed by atoms with Crippen molar-refractivity contribution in [2.45, 2.75) is 26.2 Å². The molecule has 0 aliphatic heterocycles. The van der Waals surface area contributed by atoms with Gasteiger partial charge in [-0.25, -0.2) is 4.79 Å². The number of anilines is 1. The lowest BCUT2D eigenvalue weighted by molar-refractivity contribution is -0.120. The lowest BCUT2D eigenvalue weighted by Gasteiger charge is -2.16. The number of aromatic carboxylic acids is 1. The van der Waals surface area contributed by atoms with E-state index < -0.39 is 11.7 Å². The summed E-state index contributed by atoms with van der Waals surface area (Å²) in [6.07, 6.45) is 2.89. The number of nitrogens with one attached hydrogen (secondary N) is 1. The molecule has 1 amide bonds. The van der Waals surface area contributed by atoms with Crippen LogP contribution in [0.4, 0.5) is 5.69 Å². The second-order valence-electron chi connectivity index (χ2n) is 5.01. The summed E-state index contributed by atoms with van der Waals surface area (Å²) in [4.78, 5) is 23.0. The normalized spacial score (nSPS) is 22.2. The summed E-state index contributed by atoms with van der Waals surface area (Å²) in [7, 11) is 0. The summed E-state index contributed by atoms with van der Waals surface area (Å²) in [6.45, 7) is 2.03. The van der Waals surface area contributed by atoms with E-state index in [0.29, 0.717) is 5.92 Å². The first-order valence-corrected chi connectivity index (χ1v) is 6.37. The summed E-state index contributed by atoms with van der Waals surface area (Å²) in [5, 5.41) is 21.4. The van der Waals surface area contributed by atoms with Crippen molar-refractivity contribution in [3.63, 3.8) is 0 Å². The topological polar surface area (TPSA) is 86.6 Å². The average Bonchev–Trinajstić information content (AvgIpc) is 2.77. The number of amides is 1. The van der Waals surface area contributed by atoms with E-state index in [-0.39, 0.29) is 23.1 Å². The van der Waals surface area contributed by atoms with Gasteiger partial charge in [0.05, 0.1) is 5.69 Å². The van der Waals surface area contributed by atoms with Gasteiger partial charge < -0.3 is 15.5 Å². The summed E-state index contributed by atoms with van der Waals surface area (Å²) in [6, 6.07) is 4.29. The number of aromatic hydroxyl groups is 1. The molecule has 2 unspecified atom stereocenters. The van der Waals surface area contributed by atoms with Crippen molar-refractivity contribution in [1.29, 1.82) is 0 Å². The van der Waals surface area contributed by atoms with Crippen LogP contribution in [0.2, 0.25) is 0 Å². The number of para-hydroxylation sites is 1. The number of carbonyl (C=O) groups excluding carboxylic acids is 1. The van der Waals surface area contributed by atoms with Gasteiger partial charge in [-0.3, -0.25) is 4.79 Å². The van der Waals surface area contributed by atoms with Crippen LogP contribution in [0.15, 0.2) is 18.2 Å². The number of hydrogen-bond donors (Lipinski definition) is 3. The molecule has 0 bridgehead atoms. The minimum atomic E-state index is -1.22. The molecule has 1 saturated carbocycles. The first kappa shape index (κ1) is 13.4. The molecule has 0 saturated heterocycles. The maximum Gasteiger partial charge on any atom is 0.339 e. The van der Waals surface area contributed by atoms with Crippen molar-refractivity contribution < 1.29 is 19.8 Å². The fourth-order valence-corrected chi connectivity index (χ4v) is 2.58. The molecule has 1 aliphatic carbocycles. The molecule has 102 valence electrons. The molecule has 0 radical (unpaired) electrons. The van der Waals surface area contributed by atoms with Crippen molar-refractivity contribution in [2.24, 2.45) is 11.8 Å². The lowest BCUT2D eigenvalue weighted by Crippen LogP contribution is -2.24. The van der Waals surface area contributed by atoms with Gasteiger partial charge in [-0.05, 0) is 30.9 Å². The molecule has 19 heavy (non-hydrogen) atoms. The molecule has 0 spiro atoms. The fraction of sp³-hybridized carbons (Fsp3) is 0.429. The molecule has 1 aliphatic rings. The molecule has 2 rings (SSSR count). The van der Waals surface area contributed by atoms with E-state index in [9.17, 15) is 14.7 Å². The zero-order valence-corrected chi connectivity index (χ0v) is 10.7. The van der Waals surface area contributed by atoms with Gasteiger partial charge in [0.15, 0.2) is 5.75 Å². The van der Waals surface area contributed by atoms with Crippen molar-refractivity contribution in [3.8, 4) is 5.75 Å². The summed E-state index contributed by atoms with van der Waals surface area (Å²) >= 11 is 0. The Morgan fingerprint density at radius 1 is 1.32 bits per heavy atom. The number of carboxylic acid groups (broad SMARTS) is 1. The summed E-state index contributed by atoms with van der Waals surface area (Å²) in [5.74, 6) is -1.50. The van der Waals surface area contributed by atoms with Crippen LogP contribution >= 0.6 is 0 Å². The largest absolute Gasteiger partial charge is 0.505 e. The van der Waals surface area contributed by atoms with Crippen LogP contribution in [0.25, 0.3) is 0 Å². The standard InChI is InChI=1S/C14H17NO4/c1-8-4-2-5-9(8)13(17)15-11-7-3-6-10(12(11)16)14(18)19/h3,6-9,16H,2,4-5H2,1H3,(H,15,17)(H,18,19). The number of carbonyl (C=O) groups is 2. The number of carboxylic acids is 1. The van der Waals surface area contributed by atoms with Crippen LogP contribution in [0, 0.1) is 11.8 Å². The van der Waals surface area contributed by atoms with Crippen molar-refractivity contribution >= 4 is 17.6 Å². The predicted octanol–water partition coefficient (Wildman–Crippen LogP) is 2.47. The molecule has 1 aromatic rings. The van der Waals surface area contributed by atoms with Crippen LogP contribution in [-0.4, -0.2) is 22.1 Å². The number of phenols is 1. The summed E-state index contributed by atoms with van der Waals surface area (Å²) < 4.78 is 0. The van der Waals surface area contributed by atoms with E-state index in [1.54, 1.807) is 0 Å². The van der Waals surface area contributed by atoms with Gasteiger partial charge in [0.25, 0.3) is 0 Å². The van der Waals surface area contributed by atoms with Crippen molar-refractivity contribution in [1.82, 2.24) is 0 Å². The Kier molecular flexibility index (Phi) is 3.74. The maximum atomic E-state index is 12.1. The van der Waals surface area contributed by atoms with Crippen LogP contribution in [0.3, 0.4) is 0 Å². The van der Waals surface area contributed by atoms with Gasteiger partial charge in [0.1, 0.15) is 5.56 Å². The van der Waals surface area contributed by atoms with E-state index in [1.807, 2.05) is 6.92 Å². The molecule has 0 aromatic heterocycles. The highest BCUT2D eigenvalue weighted by Crippen LogP contribution is 2.34. The molecule has 1 aromatic carbocycles. The van der Waals surface area contributed by atoms with E-state index >= 15 is 0 Å². The average molecular weight is 263 g/mol. The zero-order chi connectivity index (χ0) is 14.0. The van der Waals surface area contributed by atoms with Gasteiger partial charge >= 0.3 is 5.97 Å². The Morgan fingerprint density at radius 3 is 2.63 bits per heavy atom. The van der Waals surface area contributed by atoms with Gasteiger partial charge in [-0.1, -0.05) is 19.4 Å². The van der Waals surface area contributed by atoms with Crippen LogP contribution in [0.1, 0.15) is 36.5 Å². The van der Waals surface area contributed by atoms with Crippen molar-refractivity contribution in [2.75, 3.05) is 5.32 Å². The van der Waals surface area contributed by atoms with Gasteiger partial charge in [-0.15, -0.1) is 0 Å². The van der Waals surface area contributed by atoms with Gasteiger partial charge in [-0.2, -0.15) is 0 Å². The van der Waals surface area contributed by atoms with Crippen LogP contribution < -0.4 is 5.32 Å². The summed E-state index contributed by atoms with van der Waals surface area (Å²) in [5.41, 5.74) is -0.0544. The minimum Gasteiger partial charge on any atom is -0.505 e. The predicted molar refractivity (Wildman–Crippen MR) is 70.2 cm³/mol. The minimum absolute atomic E-state index is 0.0621. The smallest absolute Gasteiger partial charge is 0.339 e. The first-order valence-electron chi connectivity index (χ1n) is 6.37. The lowest BCUT2D eigenvalue weighted by atomic mass is 9.97. The molecule has 5 heteroatoms. The third-order valence-corrected chi connectivity index (χ3v) is 3.72. The number of benzene rings is 1. The Labute approximate surface area is 111 Å². The third kappa shape index (κ3) is 2.70. The highest BCUT2D eigenvalue weighted by Gasteiger charge is 2.30. The van der Waals surface area contributed by atoms with E-state index in [2.05, 4.69) is 5.32 Å². The second kappa shape index (κ2) is 5.30. The molecular weight excluding hydrogens is 246 g/mol. The monoisotopic (exact) mass is 263 g/mol. The molecule has 0 heterocycles. The third-order valence-electron chi connectivity index (χ3n) is 3.72. The molecule has 2 atom stereocenters. The van der Waals surface area contributed by atoms with Gasteiger partial charge in [0.2, 0.25) is 5.91 Å². The molecular formula is C14H17NO4. The zero-order valence-electron chi connectivity index (χ0n) is 10.7. The number of hydrogen-bond acceptors (Lipinski definition) is 3. The quantitative estimate of drug-likeness (QED) is 0.731. The molecule has 5 nitrogen and oxygen atoms in total. The fourth-order valence-electron chi connectivity index (χ4n) is 2.58. The number of rotatable bonds is 3. The van der Waals surface area contributed by atoms with Crippen molar-refractivity contribution in [3.05, 3.63) is 23.8 Å². The van der Waals surface area contributed by atoms with E-state index in [1.165, 1.54) is 18.2 Å². The maximum absolute atomic E-state index is 12.1. The van der Waals surface area contributed by atoms with Crippen LogP contribution in [-0.2, 0) is 4.79 Å². The Bertz CT molecular complexity index is 512. The first-order chi connectivity index (χ1) is 9.00. The van der Waals surface area contributed by atoms with Gasteiger partial charge in [0, 0.05) is 5.92 Å². The van der Waals surface area contributed by atoms with E-state index in [0.717, 1.165) is 19.3 Å². The highest BCUT2D eigenvalue weighted by atomic mass is 16.4. The molecule has 3 N–H and O–H groups in total. The highest BCUT2D eigenvalue weighted by molar-refractivity contribution is 5.98.